The minimum absolute atomic E-state index is 0.0520. The van der Waals surface area contributed by atoms with Gasteiger partial charge in [-0.1, -0.05) is 44.2 Å². The van der Waals surface area contributed by atoms with Gasteiger partial charge in [0.05, 0.1) is 32.6 Å². The average Bonchev–Trinajstić information content (AvgIpc) is 2.95. The molecule has 2 aromatic rings. The summed E-state index contributed by atoms with van der Waals surface area (Å²) in [4.78, 5) is 26.0. The van der Waals surface area contributed by atoms with E-state index in [1.54, 1.807) is 18.2 Å². The van der Waals surface area contributed by atoms with Crippen molar-refractivity contribution >= 4 is 17.7 Å². The number of benzene rings is 2. The lowest BCUT2D eigenvalue weighted by molar-refractivity contribution is -0.185. The van der Waals surface area contributed by atoms with Crippen molar-refractivity contribution in [2.45, 2.75) is 64.7 Å². The molecule has 0 saturated heterocycles. The van der Waals surface area contributed by atoms with Crippen molar-refractivity contribution in [2.75, 3.05) is 26.1 Å². The van der Waals surface area contributed by atoms with Gasteiger partial charge in [0.2, 0.25) is 5.91 Å². The van der Waals surface area contributed by atoms with Crippen LogP contribution in [0, 0.1) is 22.7 Å². The number of aliphatic hydroxyl groups excluding tert-OH is 2. The smallest absolute Gasteiger partial charge is 0.411 e. The summed E-state index contributed by atoms with van der Waals surface area (Å²) in [5.74, 6) is 0.633. The molecule has 1 unspecified atom stereocenters. The highest BCUT2D eigenvalue weighted by Crippen LogP contribution is 2.61. The molecular weight excluding hydrogens is 512 g/mol. The van der Waals surface area contributed by atoms with Gasteiger partial charge in [-0.05, 0) is 48.5 Å². The zero-order valence-electron chi connectivity index (χ0n) is 23.8. The molecule has 9 nitrogen and oxygen atoms in total. The van der Waals surface area contributed by atoms with E-state index in [9.17, 15) is 19.8 Å². The van der Waals surface area contributed by atoms with Gasteiger partial charge in [0.25, 0.3) is 0 Å². The van der Waals surface area contributed by atoms with Gasteiger partial charge in [0.1, 0.15) is 17.6 Å². The van der Waals surface area contributed by atoms with E-state index in [2.05, 4.69) is 17.6 Å². The Balaban J connectivity index is 1.45. The summed E-state index contributed by atoms with van der Waals surface area (Å²) in [7, 11) is 3.06. The summed E-state index contributed by atoms with van der Waals surface area (Å²) in [6.07, 6.45) is 0.782. The highest BCUT2D eigenvalue weighted by atomic mass is 16.6. The first-order chi connectivity index (χ1) is 19.1. The van der Waals surface area contributed by atoms with Crippen molar-refractivity contribution in [2.24, 2.45) is 22.7 Å². The normalized spacial score (nSPS) is 29.6. The molecule has 4 N–H and O–H groups in total. The minimum atomic E-state index is -0.741. The lowest BCUT2D eigenvalue weighted by Crippen LogP contribution is -2.61. The lowest BCUT2D eigenvalue weighted by atomic mass is 9.46. The number of carbonyl (C=O) groups is 2. The number of aliphatic hydroxyl groups is 2. The fourth-order valence-corrected chi connectivity index (χ4v) is 7.00. The maximum atomic E-state index is 13.0. The van der Waals surface area contributed by atoms with Crippen molar-refractivity contribution in [1.82, 2.24) is 5.32 Å². The van der Waals surface area contributed by atoms with Crippen molar-refractivity contribution in [1.29, 1.82) is 0 Å². The van der Waals surface area contributed by atoms with E-state index in [1.807, 2.05) is 37.3 Å². The van der Waals surface area contributed by atoms with E-state index in [4.69, 9.17) is 14.2 Å². The molecule has 2 aromatic carbocycles. The summed E-state index contributed by atoms with van der Waals surface area (Å²) < 4.78 is 16.5. The third-order valence-corrected chi connectivity index (χ3v) is 9.26. The Hall–Kier alpha value is -3.30. The van der Waals surface area contributed by atoms with E-state index < -0.39 is 29.1 Å². The van der Waals surface area contributed by atoms with Crippen LogP contribution in [0.25, 0.3) is 0 Å². The molecular formula is C31H42N2O7. The largest absolute Gasteiger partial charge is 0.497 e. The molecule has 0 bridgehead atoms. The Morgan fingerprint density at radius 1 is 1.00 bits per heavy atom. The Kier molecular flexibility index (Phi) is 9.26. The standard InChI is InChI=1S/C31H42N2O7/c1-30-13-12-27(40-29(37)33-21-14-22(38-3)16-23(15-21)39-4)31(2,19-34)26(30)11-10-25(35)24(30)17-28(36)32-18-20-8-6-5-7-9-20/h5-9,14-16,24-27,34-35H,10-13,17-19H2,1-4H3,(H,32,36)(H,33,37)/t24-,25-,26?,27-,30+,31+/m1/s1. The van der Waals surface area contributed by atoms with Gasteiger partial charge in [0.15, 0.2) is 0 Å². The van der Waals surface area contributed by atoms with Crippen LogP contribution in [0.5, 0.6) is 11.5 Å². The molecule has 218 valence electrons. The predicted octanol–water partition coefficient (Wildman–Crippen LogP) is 4.51. The molecule has 2 aliphatic rings. The quantitative estimate of drug-likeness (QED) is 0.359. The second kappa shape index (κ2) is 12.5. The molecule has 4 rings (SSSR count). The Bertz CT molecular complexity index is 1150. The van der Waals surface area contributed by atoms with Gasteiger partial charge in [-0.2, -0.15) is 0 Å². The van der Waals surface area contributed by atoms with E-state index in [0.29, 0.717) is 49.4 Å². The van der Waals surface area contributed by atoms with Crippen molar-refractivity contribution in [3.63, 3.8) is 0 Å². The summed E-state index contributed by atoms with van der Waals surface area (Å²) in [5.41, 5.74) is 0.334. The Morgan fingerprint density at radius 3 is 2.30 bits per heavy atom. The number of hydrogen-bond donors (Lipinski definition) is 4. The number of fused-ring (bicyclic) bond motifs is 1. The highest BCUT2D eigenvalue weighted by molar-refractivity contribution is 5.85. The third-order valence-electron chi connectivity index (χ3n) is 9.26. The van der Waals surface area contributed by atoms with Crippen molar-refractivity contribution in [3.8, 4) is 11.5 Å². The number of rotatable bonds is 9. The molecule has 2 saturated carbocycles. The zero-order chi connectivity index (χ0) is 28.9. The monoisotopic (exact) mass is 554 g/mol. The first kappa shape index (κ1) is 29.7. The molecule has 0 aromatic heterocycles. The summed E-state index contributed by atoms with van der Waals surface area (Å²) in [6.45, 7) is 4.32. The second-order valence-electron chi connectivity index (χ2n) is 11.6. The van der Waals surface area contributed by atoms with Gasteiger partial charge in [-0.25, -0.2) is 4.79 Å². The molecule has 9 heteroatoms. The molecule has 6 atom stereocenters. The van der Waals surface area contributed by atoms with Crippen LogP contribution in [-0.2, 0) is 16.1 Å². The zero-order valence-corrected chi connectivity index (χ0v) is 23.8. The molecule has 0 heterocycles. The van der Waals surface area contributed by atoms with E-state index in [-0.39, 0.29) is 30.8 Å². The number of ether oxygens (including phenoxy) is 3. The van der Waals surface area contributed by atoms with E-state index in [1.165, 1.54) is 14.2 Å². The second-order valence-corrected chi connectivity index (χ2v) is 11.6. The minimum Gasteiger partial charge on any atom is -0.497 e. The van der Waals surface area contributed by atoms with Crippen LogP contribution in [0.3, 0.4) is 0 Å². The number of methoxy groups -OCH3 is 2. The molecule has 0 spiro atoms. The van der Waals surface area contributed by atoms with Gasteiger partial charge in [-0.3, -0.25) is 10.1 Å². The van der Waals surface area contributed by atoms with E-state index in [0.717, 1.165) is 5.56 Å². The van der Waals surface area contributed by atoms with Crippen molar-refractivity contribution < 1.29 is 34.0 Å². The topological polar surface area (TPSA) is 126 Å². The van der Waals surface area contributed by atoms with Gasteiger partial charge < -0.3 is 29.7 Å². The molecule has 2 amide bonds. The van der Waals surface area contributed by atoms with Crippen molar-refractivity contribution in [3.05, 3.63) is 54.1 Å². The Labute approximate surface area is 236 Å². The van der Waals surface area contributed by atoms with Gasteiger partial charge in [0, 0.05) is 36.6 Å². The number of carbonyl (C=O) groups excluding carboxylic acids is 2. The first-order valence-electron chi connectivity index (χ1n) is 13.9. The Morgan fingerprint density at radius 2 is 1.68 bits per heavy atom. The molecule has 0 radical (unpaired) electrons. The number of anilines is 1. The fraction of sp³-hybridized carbons (Fsp3) is 0.548. The summed E-state index contributed by atoms with van der Waals surface area (Å²) in [6, 6.07) is 14.8. The highest BCUT2D eigenvalue weighted by Gasteiger charge is 2.60. The van der Waals surface area contributed by atoms with Crippen LogP contribution in [0.1, 0.15) is 51.5 Å². The lowest BCUT2D eigenvalue weighted by Gasteiger charge is -2.60. The predicted molar refractivity (Wildman–Crippen MR) is 151 cm³/mol. The molecule has 40 heavy (non-hydrogen) atoms. The maximum Gasteiger partial charge on any atom is 0.411 e. The first-order valence-corrected chi connectivity index (χ1v) is 13.9. The van der Waals surface area contributed by atoms with Crippen LogP contribution >= 0.6 is 0 Å². The van der Waals surface area contributed by atoms with Crippen LogP contribution in [-0.4, -0.2) is 55.2 Å². The van der Waals surface area contributed by atoms with E-state index >= 15 is 0 Å². The van der Waals surface area contributed by atoms with Crippen LogP contribution < -0.4 is 20.1 Å². The number of nitrogens with one attached hydrogen (secondary N) is 2. The summed E-state index contributed by atoms with van der Waals surface area (Å²) in [5, 5.41) is 27.5. The number of amides is 2. The molecule has 2 fully saturated rings. The SMILES string of the molecule is COc1cc(NC(=O)O[C@@H]2CC[C@]3(C)C(CC[C@@H](O)[C@H]3CC(=O)NCc3ccccc3)[C@]2(C)CO)cc(OC)c1. The summed E-state index contributed by atoms with van der Waals surface area (Å²) >= 11 is 0. The molecule has 0 aliphatic heterocycles. The van der Waals surface area contributed by atoms with Gasteiger partial charge >= 0.3 is 6.09 Å². The van der Waals surface area contributed by atoms with Crippen LogP contribution in [0.15, 0.2) is 48.5 Å². The molecule has 2 aliphatic carbocycles. The average molecular weight is 555 g/mol. The maximum absolute atomic E-state index is 13.0. The fourth-order valence-electron chi connectivity index (χ4n) is 7.00. The van der Waals surface area contributed by atoms with Crippen LogP contribution in [0.2, 0.25) is 0 Å². The van der Waals surface area contributed by atoms with Crippen LogP contribution in [0.4, 0.5) is 10.5 Å². The van der Waals surface area contributed by atoms with Gasteiger partial charge in [-0.15, -0.1) is 0 Å². The third kappa shape index (κ3) is 6.20. The number of hydrogen-bond acceptors (Lipinski definition) is 7.